The van der Waals surface area contributed by atoms with Gasteiger partial charge in [-0.1, -0.05) is 23.6 Å². The molecule has 1 N–H and O–H groups in total. The molecule has 1 aromatic rings. The van der Waals surface area contributed by atoms with E-state index in [1.165, 1.54) is 5.56 Å². The molecular weight excluding hydrogens is 232 g/mol. The predicted molar refractivity (Wildman–Crippen MR) is 79.8 cm³/mol. The van der Waals surface area contributed by atoms with Crippen LogP contribution in [0.2, 0.25) is 0 Å². The van der Waals surface area contributed by atoms with Crippen LogP contribution in [-0.2, 0) is 6.42 Å². The van der Waals surface area contributed by atoms with Gasteiger partial charge in [0.15, 0.2) is 0 Å². The Kier molecular flexibility index (Phi) is 4.19. The molecule has 2 heteroatoms. The van der Waals surface area contributed by atoms with Crippen LogP contribution in [0.25, 0.3) is 5.57 Å². The number of hydrogen-bond donors (Lipinski definition) is 1. The van der Waals surface area contributed by atoms with Gasteiger partial charge < -0.3 is 5.32 Å². The van der Waals surface area contributed by atoms with E-state index >= 15 is 0 Å². The molecule has 0 aliphatic heterocycles. The van der Waals surface area contributed by atoms with Crippen molar-refractivity contribution >= 4 is 5.57 Å². The van der Waals surface area contributed by atoms with Gasteiger partial charge in [-0.05, 0) is 57.5 Å². The van der Waals surface area contributed by atoms with Crippen molar-refractivity contribution in [2.75, 3.05) is 6.54 Å². The maximum Gasteiger partial charge on any atom is 0.0818 e. The highest BCUT2D eigenvalue weighted by Crippen LogP contribution is 2.18. The average molecular weight is 252 g/mol. The topological polar surface area (TPSA) is 24.9 Å². The Morgan fingerprint density at radius 1 is 1.32 bits per heavy atom. The van der Waals surface area contributed by atoms with E-state index in [-0.39, 0.29) is 5.54 Å². The molecule has 0 atom stereocenters. The first kappa shape index (κ1) is 13.6. The van der Waals surface area contributed by atoms with E-state index < -0.39 is 0 Å². The minimum absolute atomic E-state index is 0.148. The van der Waals surface area contributed by atoms with Gasteiger partial charge in [0.05, 0.1) is 11.3 Å². The number of nitrogens with zero attached hydrogens (tertiary/aromatic N) is 1. The number of hydrogen-bond acceptors (Lipinski definition) is 2. The van der Waals surface area contributed by atoms with Gasteiger partial charge >= 0.3 is 0 Å². The summed E-state index contributed by atoms with van der Waals surface area (Å²) in [5.41, 5.74) is 9.52. The van der Waals surface area contributed by atoms with Crippen LogP contribution in [0.5, 0.6) is 0 Å². The van der Waals surface area contributed by atoms with Crippen LogP contribution in [0, 0.1) is 0 Å². The molecule has 1 aliphatic rings. The number of pyridine rings is 1. The quantitative estimate of drug-likeness (QED) is 0.832. The molecule has 1 aliphatic carbocycles. The van der Waals surface area contributed by atoms with E-state index in [0.29, 0.717) is 0 Å². The second-order valence-corrected chi connectivity index (χ2v) is 5.65. The van der Waals surface area contributed by atoms with Crippen molar-refractivity contribution in [3.05, 3.63) is 59.3 Å². The van der Waals surface area contributed by atoms with E-state index in [0.717, 1.165) is 24.2 Å². The third-order valence-corrected chi connectivity index (χ3v) is 2.85. The van der Waals surface area contributed by atoms with E-state index in [1.54, 1.807) is 0 Å². The normalized spacial score (nSPS) is 13.7. The monoisotopic (exact) mass is 252 g/mol. The molecule has 19 heavy (non-hydrogen) atoms. The molecule has 98 valence electrons. The Morgan fingerprint density at radius 3 is 2.84 bits per heavy atom. The van der Waals surface area contributed by atoms with E-state index in [1.807, 2.05) is 30.5 Å². The Bertz CT molecular complexity index is 576. The highest BCUT2D eigenvalue weighted by Gasteiger charge is 2.10. The second-order valence-electron chi connectivity index (χ2n) is 5.65. The number of nitrogens with one attached hydrogen (secondary N) is 1. The zero-order valence-corrected chi connectivity index (χ0v) is 11.8. The Morgan fingerprint density at radius 2 is 2.16 bits per heavy atom. The molecule has 1 aromatic heterocycles. The molecular formula is C17H20N2. The smallest absolute Gasteiger partial charge is 0.0818 e. The van der Waals surface area contributed by atoms with Gasteiger partial charge in [0.1, 0.15) is 0 Å². The number of allylic oxidation sites excluding steroid dienone is 4. The molecule has 0 amide bonds. The molecule has 0 radical (unpaired) electrons. The molecule has 2 nitrogen and oxygen atoms in total. The van der Waals surface area contributed by atoms with Crippen LogP contribution in [0.1, 0.15) is 32.0 Å². The van der Waals surface area contributed by atoms with Crippen molar-refractivity contribution in [3.63, 3.8) is 0 Å². The van der Waals surface area contributed by atoms with Crippen molar-refractivity contribution in [3.8, 4) is 0 Å². The zero-order valence-electron chi connectivity index (χ0n) is 11.8. The summed E-state index contributed by atoms with van der Waals surface area (Å²) in [6.45, 7) is 7.48. The van der Waals surface area contributed by atoms with Gasteiger partial charge in [-0.3, -0.25) is 4.98 Å². The maximum absolute atomic E-state index is 4.48. The van der Waals surface area contributed by atoms with Gasteiger partial charge in [0.25, 0.3) is 0 Å². The second kappa shape index (κ2) is 5.86. The largest absolute Gasteiger partial charge is 0.312 e. The minimum Gasteiger partial charge on any atom is -0.312 e. The van der Waals surface area contributed by atoms with Crippen LogP contribution >= 0.6 is 0 Å². The van der Waals surface area contributed by atoms with Crippen molar-refractivity contribution < 1.29 is 0 Å². The summed E-state index contributed by atoms with van der Waals surface area (Å²) < 4.78 is 0. The fourth-order valence-corrected chi connectivity index (χ4v) is 1.95. The van der Waals surface area contributed by atoms with Crippen LogP contribution in [0.4, 0.5) is 0 Å². The SMILES string of the molecule is CC(C)(C)NCCc1cccnc1C1=C=C=CC=C1. The molecule has 0 saturated carbocycles. The molecule has 0 spiro atoms. The Balaban J connectivity index is 2.16. The molecule has 0 aromatic carbocycles. The van der Waals surface area contributed by atoms with Gasteiger partial charge in [-0.2, -0.15) is 0 Å². The fraction of sp³-hybridized carbons (Fsp3) is 0.353. The lowest BCUT2D eigenvalue weighted by atomic mass is 10.0. The fourth-order valence-electron chi connectivity index (χ4n) is 1.95. The summed E-state index contributed by atoms with van der Waals surface area (Å²) in [5.74, 6) is 0. The molecule has 0 fully saturated rings. The summed E-state index contributed by atoms with van der Waals surface area (Å²) in [7, 11) is 0. The maximum atomic E-state index is 4.48. The molecule has 1 heterocycles. The van der Waals surface area contributed by atoms with Crippen molar-refractivity contribution in [2.45, 2.75) is 32.7 Å². The highest BCUT2D eigenvalue weighted by atomic mass is 14.9. The first-order chi connectivity index (χ1) is 9.06. The van der Waals surface area contributed by atoms with Crippen LogP contribution in [0.15, 0.2) is 48.0 Å². The van der Waals surface area contributed by atoms with E-state index in [2.05, 4.69) is 48.6 Å². The first-order valence-electron chi connectivity index (χ1n) is 6.64. The predicted octanol–water partition coefficient (Wildman–Crippen LogP) is 3.28. The standard InChI is InChI=1S/C17H20N2/c1-17(2,3)19-13-11-15-10-7-12-18-16(15)14-8-5-4-6-9-14/h4-5,7-8,10,12,19H,11,13H2,1-3H3. The number of rotatable bonds is 4. The van der Waals surface area contributed by atoms with Crippen molar-refractivity contribution in [2.24, 2.45) is 0 Å². The summed E-state index contributed by atoms with van der Waals surface area (Å²) in [4.78, 5) is 4.48. The van der Waals surface area contributed by atoms with E-state index in [4.69, 9.17) is 0 Å². The van der Waals surface area contributed by atoms with Crippen LogP contribution in [0.3, 0.4) is 0 Å². The van der Waals surface area contributed by atoms with Gasteiger partial charge in [-0.25, -0.2) is 0 Å². The molecule has 2 rings (SSSR count). The molecule has 0 unspecified atom stereocenters. The lowest BCUT2D eigenvalue weighted by molar-refractivity contribution is 0.429. The van der Waals surface area contributed by atoms with Gasteiger partial charge in [-0.15, -0.1) is 0 Å². The van der Waals surface area contributed by atoms with Crippen LogP contribution in [-0.4, -0.2) is 17.1 Å². The third-order valence-electron chi connectivity index (χ3n) is 2.85. The van der Waals surface area contributed by atoms with Gasteiger partial charge in [0, 0.05) is 11.7 Å². The summed E-state index contributed by atoms with van der Waals surface area (Å²) in [5, 5.41) is 3.50. The zero-order chi connectivity index (χ0) is 13.7. The van der Waals surface area contributed by atoms with Crippen molar-refractivity contribution in [1.82, 2.24) is 10.3 Å². The summed E-state index contributed by atoms with van der Waals surface area (Å²) >= 11 is 0. The summed E-state index contributed by atoms with van der Waals surface area (Å²) in [6, 6.07) is 4.12. The van der Waals surface area contributed by atoms with Gasteiger partial charge in [0.2, 0.25) is 0 Å². The lowest BCUT2D eigenvalue weighted by Crippen LogP contribution is -2.37. The Labute approximate surface area is 115 Å². The molecule has 0 bridgehead atoms. The summed E-state index contributed by atoms with van der Waals surface area (Å²) in [6.07, 6.45) is 8.64. The number of aromatic nitrogens is 1. The average Bonchev–Trinajstić information content (AvgIpc) is 2.39. The van der Waals surface area contributed by atoms with Crippen molar-refractivity contribution in [1.29, 1.82) is 0 Å². The highest BCUT2D eigenvalue weighted by molar-refractivity contribution is 5.74. The van der Waals surface area contributed by atoms with Crippen LogP contribution < -0.4 is 5.32 Å². The third kappa shape index (κ3) is 4.08. The first-order valence-corrected chi connectivity index (χ1v) is 6.64. The Hall–Kier alpha value is -1.85. The minimum atomic E-state index is 0.148. The lowest BCUT2D eigenvalue weighted by Gasteiger charge is -2.20. The van der Waals surface area contributed by atoms with E-state index in [9.17, 15) is 0 Å². The molecule has 0 saturated heterocycles.